The Hall–Kier alpha value is -4.06. The van der Waals surface area contributed by atoms with Crippen LogP contribution in [0.1, 0.15) is 15.9 Å². The maximum absolute atomic E-state index is 12.8. The number of hydrazone groups is 1. The first-order chi connectivity index (χ1) is 13.8. The average Bonchev–Trinajstić information content (AvgIpc) is 3.21. The molecule has 0 spiro atoms. The van der Waals surface area contributed by atoms with Crippen molar-refractivity contribution in [3.05, 3.63) is 103 Å². The lowest BCUT2D eigenvalue weighted by molar-refractivity contribution is 0.0956. The van der Waals surface area contributed by atoms with E-state index in [0.717, 1.165) is 16.8 Å². The zero-order valence-electron chi connectivity index (χ0n) is 14.9. The Morgan fingerprint density at radius 3 is 2.43 bits per heavy atom. The van der Waals surface area contributed by atoms with E-state index in [2.05, 4.69) is 20.6 Å². The topological polar surface area (TPSA) is 72.2 Å². The van der Waals surface area contributed by atoms with Crippen molar-refractivity contribution in [2.24, 2.45) is 5.10 Å². The minimum atomic E-state index is -0.332. The molecule has 0 aliphatic heterocycles. The number of pyridine rings is 1. The normalized spacial score (nSPS) is 10.9. The molecule has 6 nitrogen and oxygen atoms in total. The van der Waals surface area contributed by atoms with E-state index in [9.17, 15) is 4.79 Å². The van der Waals surface area contributed by atoms with Gasteiger partial charge in [-0.2, -0.15) is 10.2 Å². The third kappa shape index (κ3) is 3.86. The Morgan fingerprint density at radius 2 is 1.71 bits per heavy atom. The molecule has 1 amide bonds. The van der Waals surface area contributed by atoms with Gasteiger partial charge in [0.25, 0.3) is 5.91 Å². The van der Waals surface area contributed by atoms with Crippen molar-refractivity contribution in [1.82, 2.24) is 20.2 Å². The number of benzene rings is 2. The van der Waals surface area contributed by atoms with E-state index in [0.29, 0.717) is 11.3 Å². The first-order valence-electron chi connectivity index (χ1n) is 8.75. The molecule has 2 aromatic carbocycles. The summed E-state index contributed by atoms with van der Waals surface area (Å²) in [5.74, 6) is -0.332. The van der Waals surface area contributed by atoms with Gasteiger partial charge in [-0.3, -0.25) is 9.78 Å². The number of hydrogen-bond acceptors (Lipinski definition) is 4. The van der Waals surface area contributed by atoms with Gasteiger partial charge in [0.15, 0.2) is 0 Å². The lowest BCUT2D eigenvalue weighted by Gasteiger charge is -2.01. The van der Waals surface area contributed by atoms with Gasteiger partial charge >= 0.3 is 0 Å². The summed E-state index contributed by atoms with van der Waals surface area (Å²) in [7, 11) is 0. The monoisotopic (exact) mass is 367 g/mol. The van der Waals surface area contributed by atoms with Crippen LogP contribution in [0.15, 0.2) is 96.5 Å². The van der Waals surface area contributed by atoms with E-state index in [1.165, 1.54) is 0 Å². The number of amides is 1. The molecule has 0 saturated heterocycles. The fourth-order valence-corrected chi connectivity index (χ4v) is 2.74. The van der Waals surface area contributed by atoms with Gasteiger partial charge in [-0.1, -0.05) is 54.6 Å². The van der Waals surface area contributed by atoms with Gasteiger partial charge in [0.05, 0.1) is 17.5 Å². The molecule has 0 fully saturated rings. The summed E-state index contributed by atoms with van der Waals surface area (Å²) in [6, 6.07) is 22.9. The molecule has 28 heavy (non-hydrogen) atoms. The molecule has 136 valence electrons. The van der Waals surface area contributed by atoms with E-state index < -0.39 is 0 Å². The van der Waals surface area contributed by atoms with Crippen LogP contribution in [0.5, 0.6) is 0 Å². The van der Waals surface area contributed by atoms with Crippen LogP contribution in [0.4, 0.5) is 0 Å². The number of nitrogens with one attached hydrogen (secondary N) is 1. The highest BCUT2D eigenvalue weighted by molar-refractivity contribution is 6.00. The van der Waals surface area contributed by atoms with Crippen LogP contribution in [0.25, 0.3) is 16.9 Å². The Balaban J connectivity index is 1.65. The van der Waals surface area contributed by atoms with E-state index in [4.69, 9.17) is 0 Å². The van der Waals surface area contributed by atoms with Crippen molar-refractivity contribution in [3.8, 4) is 16.9 Å². The van der Waals surface area contributed by atoms with Crippen molar-refractivity contribution in [3.63, 3.8) is 0 Å². The quantitative estimate of drug-likeness (QED) is 0.432. The maximum atomic E-state index is 12.8. The number of aromatic nitrogens is 3. The Labute approximate surface area is 162 Å². The van der Waals surface area contributed by atoms with Crippen molar-refractivity contribution in [2.45, 2.75) is 0 Å². The average molecular weight is 367 g/mol. The van der Waals surface area contributed by atoms with Crippen LogP contribution in [0, 0.1) is 0 Å². The molecule has 2 heterocycles. The SMILES string of the molecule is O=C(NN=Cc1cccnc1)c1cn(-c2ccccc2)nc1-c1ccccc1. The number of nitrogens with zero attached hydrogens (tertiary/aromatic N) is 4. The van der Waals surface area contributed by atoms with Crippen LogP contribution >= 0.6 is 0 Å². The number of carbonyl (C=O) groups is 1. The predicted octanol–water partition coefficient (Wildman–Crippen LogP) is 3.70. The van der Waals surface area contributed by atoms with Gasteiger partial charge in [-0.15, -0.1) is 0 Å². The van der Waals surface area contributed by atoms with Crippen LogP contribution < -0.4 is 5.43 Å². The van der Waals surface area contributed by atoms with Crippen molar-refractivity contribution in [1.29, 1.82) is 0 Å². The summed E-state index contributed by atoms with van der Waals surface area (Å²) in [6.45, 7) is 0. The predicted molar refractivity (Wildman–Crippen MR) is 108 cm³/mol. The fourth-order valence-electron chi connectivity index (χ4n) is 2.74. The first kappa shape index (κ1) is 17.4. The van der Waals surface area contributed by atoms with E-state index in [1.54, 1.807) is 35.6 Å². The van der Waals surface area contributed by atoms with Crippen molar-refractivity contribution < 1.29 is 4.79 Å². The number of carbonyl (C=O) groups excluding carboxylic acids is 1. The summed E-state index contributed by atoms with van der Waals surface area (Å²) >= 11 is 0. The Morgan fingerprint density at radius 1 is 0.964 bits per heavy atom. The standard InChI is InChI=1S/C22H17N5O/c28-22(25-24-15-17-8-7-13-23-14-17)20-16-27(19-11-5-2-6-12-19)26-21(20)18-9-3-1-4-10-18/h1-16H,(H,25,28). The number of hydrogen-bond donors (Lipinski definition) is 1. The second-order valence-electron chi connectivity index (χ2n) is 6.02. The van der Waals surface area contributed by atoms with Crippen LogP contribution in [0.3, 0.4) is 0 Å². The molecular weight excluding hydrogens is 350 g/mol. The lowest BCUT2D eigenvalue weighted by Crippen LogP contribution is -2.18. The van der Waals surface area contributed by atoms with Crippen molar-refractivity contribution >= 4 is 12.1 Å². The van der Waals surface area contributed by atoms with Crippen LogP contribution in [0.2, 0.25) is 0 Å². The van der Waals surface area contributed by atoms with Gasteiger partial charge in [0.2, 0.25) is 0 Å². The molecule has 4 rings (SSSR count). The van der Waals surface area contributed by atoms with E-state index in [-0.39, 0.29) is 5.91 Å². The highest BCUT2D eigenvalue weighted by Crippen LogP contribution is 2.23. The summed E-state index contributed by atoms with van der Waals surface area (Å²) < 4.78 is 1.70. The van der Waals surface area contributed by atoms with Gasteiger partial charge in [-0.25, -0.2) is 10.1 Å². The summed E-state index contributed by atoms with van der Waals surface area (Å²) in [5, 5.41) is 8.67. The minimum Gasteiger partial charge on any atom is -0.267 e. The summed E-state index contributed by atoms with van der Waals surface area (Å²) in [5.41, 5.74) is 6.14. The van der Waals surface area contributed by atoms with E-state index in [1.807, 2.05) is 66.7 Å². The third-order valence-corrected chi connectivity index (χ3v) is 4.09. The lowest BCUT2D eigenvalue weighted by atomic mass is 10.1. The van der Waals surface area contributed by atoms with Crippen LogP contribution in [-0.2, 0) is 0 Å². The molecule has 0 bridgehead atoms. The zero-order valence-corrected chi connectivity index (χ0v) is 14.9. The van der Waals surface area contributed by atoms with Gasteiger partial charge < -0.3 is 0 Å². The number of para-hydroxylation sites is 1. The molecule has 2 aromatic heterocycles. The molecule has 0 radical (unpaired) electrons. The highest BCUT2D eigenvalue weighted by atomic mass is 16.2. The van der Waals surface area contributed by atoms with Crippen LogP contribution in [-0.4, -0.2) is 26.9 Å². The first-order valence-corrected chi connectivity index (χ1v) is 8.75. The molecule has 0 atom stereocenters. The molecule has 0 saturated carbocycles. The van der Waals surface area contributed by atoms with E-state index >= 15 is 0 Å². The van der Waals surface area contributed by atoms with Gasteiger partial charge in [0.1, 0.15) is 5.69 Å². The summed E-state index contributed by atoms with van der Waals surface area (Å²) in [4.78, 5) is 16.8. The van der Waals surface area contributed by atoms with Crippen molar-refractivity contribution in [2.75, 3.05) is 0 Å². The molecule has 4 aromatic rings. The molecule has 6 heteroatoms. The zero-order chi connectivity index (χ0) is 19.2. The largest absolute Gasteiger partial charge is 0.275 e. The number of rotatable bonds is 5. The Bertz CT molecular complexity index is 1090. The Kier molecular flexibility index (Phi) is 5.02. The second kappa shape index (κ2) is 8.09. The molecule has 0 unspecified atom stereocenters. The third-order valence-electron chi connectivity index (χ3n) is 4.09. The smallest absolute Gasteiger partial charge is 0.267 e. The fraction of sp³-hybridized carbons (Fsp3) is 0. The molecule has 1 N–H and O–H groups in total. The van der Waals surface area contributed by atoms with Gasteiger partial charge in [0, 0.05) is 29.7 Å². The summed E-state index contributed by atoms with van der Waals surface area (Å²) in [6.07, 6.45) is 6.61. The molecule has 0 aliphatic rings. The molecule has 0 aliphatic carbocycles. The second-order valence-corrected chi connectivity index (χ2v) is 6.02. The maximum Gasteiger partial charge on any atom is 0.275 e. The minimum absolute atomic E-state index is 0.332. The van der Waals surface area contributed by atoms with Gasteiger partial charge in [-0.05, 0) is 18.2 Å². The highest BCUT2D eigenvalue weighted by Gasteiger charge is 2.18. The molecular formula is C22H17N5O.